The molecule has 1 rings (SSSR count). The number of likely N-dealkylation sites (N-methyl/N-ethyl adjacent to an activating group) is 1. The molecule has 0 aromatic heterocycles. The quantitative estimate of drug-likeness (QED) is 0.809. The number of rotatable bonds is 4. The van der Waals surface area contributed by atoms with Gasteiger partial charge in [0, 0.05) is 6.54 Å². The van der Waals surface area contributed by atoms with Crippen molar-refractivity contribution in [2.45, 2.75) is 19.5 Å². The standard InChI is InChI=1S/C11H15FN2O/c1-8(11(13)15)14(2)7-9-4-3-5-10(12)6-9/h3-6,8H,7H2,1-2H3,(H2,13,15)/t8-/m1/s1. The zero-order valence-electron chi connectivity index (χ0n) is 8.90. The van der Waals surface area contributed by atoms with E-state index in [2.05, 4.69) is 0 Å². The Balaban J connectivity index is 2.66. The Bertz CT molecular complexity index is 354. The van der Waals surface area contributed by atoms with Gasteiger partial charge in [0.25, 0.3) is 0 Å². The number of nitrogens with two attached hydrogens (primary N) is 1. The molecule has 0 unspecified atom stereocenters. The second-order valence-corrected chi connectivity index (χ2v) is 3.62. The van der Waals surface area contributed by atoms with E-state index in [0.29, 0.717) is 6.54 Å². The van der Waals surface area contributed by atoms with Crippen LogP contribution in [0.3, 0.4) is 0 Å². The average molecular weight is 210 g/mol. The maximum Gasteiger partial charge on any atom is 0.234 e. The van der Waals surface area contributed by atoms with Gasteiger partial charge in [-0.05, 0) is 31.7 Å². The van der Waals surface area contributed by atoms with Crippen molar-refractivity contribution in [2.75, 3.05) is 7.05 Å². The molecule has 0 fully saturated rings. The zero-order chi connectivity index (χ0) is 11.4. The first kappa shape index (κ1) is 11.7. The molecule has 82 valence electrons. The van der Waals surface area contributed by atoms with E-state index < -0.39 is 0 Å². The predicted octanol–water partition coefficient (Wildman–Crippen LogP) is 1.13. The molecule has 0 bridgehead atoms. The van der Waals surface area contributed by atoms with Gasteiger partial charge in [-0.15, -0.1) is 0 Å². The third-order valence-electron chi connectivity index (χ3n) is 2.39. The number of benzene rings is 1. The zero-order valence-corrected chi connectivity index (χ0v) is 8.90. The highest BCUT2D eigenvalue weighted by molar-refractivity contribution is 5.79. The molecule has 0 radical (unpaired) electrons. The van der Waals surface area contributed by atoms with Gasteiger partial charge in [0.05, 0.1) is 6.04 Å². The van der Waals surface area contributed by atoms with Crippen LogP contribution in [0.2, 0.25) is 0 Å². The van der Waals surface area contributed by atoms with E-state index in [9.17, 15) is 9.18 Å². The fraction of sp³-hybridized carbons (Fsp3) is 0.364. The molecule has 1 aromatic carbocycles. The van der Waals surface area contributed by atoms with Crippen molar-refractivity contribution in [2.24, 2.45) is 5.73 Å². The van der Waals surface area contributed by atoms with Crippen LogP contribution in [0.15, 0.2) is 24.3 Å². The van der Waals surface area contributed by atoms with E-state index in [-0.39, 0.29) is 17.8 Å². The minimum absolute atomic E-state index is 0.271. The molecular formula is C11H15FN2O. The van der Waals surface area contributed by atoms with Gasteiger partial charge in [-0.1, -0.05) is 12.1 Å². The predicted molar refractivity (Wildman–Crippen MR) is 56.5 cm³/mol. The number of primary amides is 1. The number of carbonyl (C=O) groups excluding carboxylic acids is 1. The van der Waals surface area contributed by atoms with Crippen molar-refractivity contribution in [1.82, 2.24) is 4.90 Å². The smallest absolute Gasteiger partial charge is 0.234 e. The summed E-state index contributed by atoms with van der Waals surface area (Å²) in [4.78, 5) is 12.7. The second-order valence-electron chi connectivity index (χ2n) is 3.62. The van der Waals surface area contributed by atoms with Gasteiger partial charge >= 0.3 is 0 Å². The van der Waals surface area contributed by atoms with Gasteiger partial charge in [-0.25, -0.2) is 4.39 Å². The molecule has 0 heterocycles. The molecule has 0 saturated carbocycles. The SMILES string of the molecule is C[C@H](C(N)=O)N(C)Cc1cccc(F)c1. The number of amides is 1. The Morgan fingerprint density at radius 2 is 2.27 bits per heavy atom. The summed E-state index contributed by atoms with van der Waals surface area (Å²) in [5.41, 5.74) is 5.99. The number of hydrogen-bond acceptors (Lipinski definition) is 2. The van der Waals surface area contributed by atoms with Gasteiger partial charge in [-0.3, -0.25) is 9.69 Å². The monoisotopic (exact) mass is 210 g/mol. The Labute approximate surface area is 88.7 Å². The molecule has 0 aliphatic rings. The largest absolute Gasteiger partial charge is 0.368 e. The van der Waals surface area contributed by atoms with Crippen LogP contribution in [0.25, 0.3) is 0 Å². The molecule has 3 nitrogen and oxygen atoms in total. The van der Waals surface area contributed by atoms with Crippen molar-refractivity contribution in [3.05, 3.63) is 35.6 Å². The fourth-order valence-electron chi connectivity index (χ4n) is 1.28. The van der Waals surface area contributed by atoms with Crippen LogP contribution in [0.4, 0.5) is 4.39 Å². The van der Waals surface area contributed by atoms with Crippen LogP contribution < -0.4 is 5.73 Å². The first-order valence-corrected chi connectivity index (χ1v) is 4.74. The molecule has 2 N–H and O–H groups in total. The summed E-state index contributed by atoms with van der Waals surface area (Å²) >= 11 is 0. The molecule has 0 aliphatic carbocycles. The lowest BCUT2D eigenvalue weighted by Gasteiger charge is -2.21. The van der Waals surface area contributed by atoms with Crippen LogP contribution in [0.5, 0.6) is 0 Å². The van der Waals surface area contributed by atoms with Crippen molar-refractivity contribution in [1.29, 1.82) is 0 Å². The summed E-state index contributed by atoms with van der Waals surface area (Å²) in [5.74, 6) is -0.651. The van der Waals surface area contributed by atoms with Crippen LogP contribution in [-0.4, -0.2) is 23.9 Å². The molecular weight excluding hydrogens is 195 g/mol. The summed E-state index contributed by atoms with van der Waals surface area (Å²) in [6, 6.07) is 5.94. The highest BCUT2D eigenvalue weighted by Gasteiger charge is 2.14. The summed E-state index contributed by atoms with van der Waals surface area (Å²) in [6.45, 7) is 2.23. The van der Waals surface area contributed by atoms with Crippen molar-refractivity contribution in [3.8, 4) is 0 Å². The third kappa shape index (κ3) is 3.32. The van der Waals surface area contributed by atoms with E-state index >= 15 is 0 Å². The Kier molecular flexibility index (Phi) is 3.80. The minimum atomic E-state index is -0.381. The Hall–Kier alpha value is -1.42. The maximum atomic E-state index is 12.9. The van der Waals surface area contributed by atoms with Gasteiger partial charge in [0.1, 0.15) is 5.82 Å². The fourth-order valence-corrected chi connectivity index (χ4v) is 1.28. The van der Waals surface area contributed by atoms with Gasteiger partial charge in [0.15, 0.2) is 0 Å². The molecule has 1 atom stereocenters. The first-order chi connectivity index (χ1) is 7.00. The maximum absolute atomic E-state index is 12.9. The highest BCUT2D eigenvalue weighted by atomic mass is 19.1. The van der Waals surface area contributed by atoms with Crippen LogP contribution in [-0.2, 0) is 11.3 Å². The molecule has 0 saturated heterocycles. The summed E-state index contributed by atoms with van der Waals surface area (Å²) in [6.07, 6.45) is 0. The lowest BCUT2D eigenvalue weighted by molar-refractivity contribution is -0.122. The topological polar surface area (TPSA) is 46.3 Å². The van der Waals surface area contributed by atoms with E-state index in [1.807, 2.05) is 6.07 Å². The van der Waals surface area contributed by atoms with Crippen molar-refractivity contribution in [3.63, 3.8) is 0 Å². The molecule has 0 aliphatic heterocycles. The summed E-state index contributed by atoms with van der Waals surface area (Å²) in [5, 5.41) is 0. The Morgan fingerprint density at radius 3 is 2.80 bits per heavy atom. The van der Waals surface area contributed by atoms with E-state index in [4.69, 9.17) is 5.73 Å². The molecule has 0 spiro atoms. The van der Waals surface area contributed by atoms with Crippen LogP contribution in [0.1, 0.15) is 12.5 Å². The first-order valence-electron chi connectivity index (χ1n) is 4.74. The molecule has 1 amide bonds. The lowest BCUT2D eigenvalue weighted by Crippen LogP contribution is -2.39. The number of halogens is 1. The highest BCUT2D eigenvalue weighted by Crippen LogP contribution is 2.08. The minimum Gasteiger partial charge on any atom is -0.368 e. The number of nitrogens with zero attached hydrogens (tertiary/aromatic N) is 1. The van der Waals surface area contributed by atoms with Gasteiger partial charge in [-0.2, -0.15) is 0 Å². The summed E-state index contributed by atoms with van der Waals surface area (Å²) in [7, 11) is 1.78. The molecule has 4 heteroatoms. The lowest BCUT2D eigenvalue weighted by atomic mass is 10.2. The third-order valence-corrected chi connectivity index (χ3v) is 2.39. The van der Waals surface area contributed by atoms with E-state index in [0.717, 1.165) is 5.56 Å². The Morgan fingerprint density at radius 1 is 1.60 bits per heavy atom. The van der Waals surface area contributed by atoms with E-state index in [1.54, 1.807) is 24.9 Å². The van der Waals surface area contributed by atoms with E-state index in [1.165, 1.54) is 12.1 Å². The normalized spacial score (nSPS) is 12.8. The van der Waals surface area contributed by atoms with Gasteiger partial charge in [0.2, 0.25) is 5.91 Å². The number of hydrogen-bond donors (Lipinski definition) is 1. The van der Waals surface area contributed by atoms with Crippen LogP contribution >= 0.6 is 0 Å². The molecule has 1 aromatic rings. The number of carbonyl (C=O) groups is 1. The van der Waals surface area contributed by atoms with Crippen molar-refractivity contribution < 1.29 is 9.18 Å². The second kappa shape index (κ2) is 4.89. The van der Waals surface area contributed by atoms with Crippen LogP contribution in [0, 0.1) is 5.82 Å². The summed E-state index contributed by atoms with van der Waals surface area (Å²) < 4.78 is 12.9. The van der Waals surface area contributed by atoms with Gasteiger partial charge < -0.3 is 5.73 Å². The van der Waals surface area contributed by atoms with Crippen molar-refractivity contribution >= 4 is 5.91 Å². The average Bonchev–Trinajstić information content (AvgIpc) is 2.16. The molecule has 15 heavy (non-hydrogen) atoms.